The highest BCUT2D eigenvalue weighted by Crippen LogP contribution is 2.28. The van der Waals surface area contributed by atoms with E-state index in [0.29, 0.717) is 13.0 Å². The Morgan fingerprint density at radius 2 is 1.88 bits per heavy atom. The molecule has 0 spiro atoms. The number of rotatable bonds is 10. The molecule has 1 fully saturated rings. The molecule has 8 heteroatoms. The van der Waals surface area contributed by atoms with Crippen molar-refractivity contribution >= 4 is 47.3 Å². The van der Waals surface area contributed by atoms with Gasteiger partial charge >= 0.3 is 0 Å². The Hall–Kier alpha value is -2.42. The van der Waals surface area contributed by atoms with Gasteiger partial charge in [0.05, 0.1) is 12.2 Å². The molecule has 1 aliphatic heterocycles. The molecule has 0 bridgehead atoms. The zero-order valence-electron chi connectivity index (χ0n) is 20.0. The first-order chi connectivity index (χ1) is 16.5. The SMILES string of the molecule is C/C(Nc1ccc(NCCN2CCCCC2)cc1S)=C(/C)SC(=N)N(C=O)Cc1ccccc1. The third-order valence-electron chi connectivity index (χ3n) is 5.89. The maximum Gasteiger partial charge on any atom is 0.216 e. The molecule has 3 rings (SSSR count). The summed E-state index contributed by atoms with van der Waals surface area (Å²) in [6, 6.07) is 15.8. The van der Waals surface area contributed by atoms with Gasteiger partial charge in [-0.3, -0.25) is 15.1 Å². The van der Waals surface area contributed by atoms with Gasteiger partial charge in [-0.1, -0.05) is 48.5 Å². The Morgan fingerprint density at radius 3 is 2.56 bits per heavy atom. The lowest BCUT2D eigenvalue weighted by Crippen LogP contribution is -2.33. The maximum absolute atomic E-state index is 11.6. The number of hydrogen-bond acceptors (Lipinski definition) is 7. The highest BCUT2D eigenvalue weighted by atomic mass is 32.2. The van der Waals surface area contributed by atoms with Crippen LogP contribution in [0.2, 0.25) is 0 Å². The first kappa shape index (κ1) is 26.2. The molecule has 0 atom stereocenters. The molecule has 0 aliphatic carbocycles. The number of piperidine rings is 1. The second-order valence-corrected chi connectivity index (χ2v) is 10.2. The number of benzene rings is 2. The number of carbonyl (C=O) groups excluding carboxylic acids is 1. The summed E-state index contributed by atoms with van der Waals surface area (Å²) in [6.07, 6.45) is 4.69. The van der Waals surface area contributed by atoms with Gasteiger partial charge in [0, 0.05) is 34.3 Å². The van der Waals surface area contributed by atoms with Crippen molar-refractivity contribution in [2.24, 2.45) is 0 Å². The van der Waals surface area contributed by atoms with E-state index in [1.807, 2.05) is 56.3 Å². The Balaban J connectivity index is 1.53. The predicted octanol–water partition coefficient (Wildman–Crippen LogP) is 5.86. The van der Waals surface area contributed by atoms with Crippen LogP contribution in [0.4, 0.5) is 11.4 Å². The average Bonchev–Trinajstić information content (AvgIpc) is 2.85. The number of thioether (sulfide) groups is 1. The van der Waals surface area contributed by atoms with Crippen molar-refractivity contribution < 1.29 is 4.79 Å². The summed E-state index contributed by atoms with van der Waals surface area (Å²) in [5.41, 5.74) is 3.87. The fraction of sp³-hybridized carbons (Fsp3) is 0.385. The molecule has 34 heavy (non-hydrogen) atoms. The van der Waals surface area contributed by atoms with E-state index in [2.05, 4.69) is 34.2 Å². The molecule has 6 nitrogen and oxygen atoms in total. The van der Waals surface area contributed by atoms with E-state index in [9.17, 15) is 4.79 Å². The first-order valence-electron chi connectivity index (χ1n) is 11.7. The summed E-state index contributed by atoms with van der Waals surface area (Å²) in [6.45, 7) is 8.70. The summed E-state index contributed by atoms with van der Waals surface area (Å²) in [7, 11) is 0. The zero-order chi connectivity index (χ0) is 24.3. The molecular formula is C26H35N5OS2. The third kappa shape index (κ3) is 8.11. The van der Waals surface area contributed by atoms with Gasteiger partial charge in [0.25, 0.3) is 0 Å². The van der Waals surface area contributed by atoms with Crippen molar-refractivity contribution in [3.63, 3.8) is 0 Å². The van der Waals surface area contributed by atoms with Crippen LogP contribution in [0, 0.1) is 5.41 Å². The van der Waals surface area contributed by atoms with E-state index < -0.39 is 0 Å². The van der Waals surface area contributed by atoms with Crippen LogP contribution in [0.3, 0.4) is 0 Å². The van der Waals surface area contributed by atoms with Crippen LogP contribution in [-0.2, 0) is 11.3 Å². The standard InChI is InChI=1S/C26H35N5OS2/c1-20(21(2)34-26(27)31(19-32)18-22-9-5-3-6-10-22)29-24-12-11-23(17-25(24)33)28-13-16-30-14-7-4-8-15-30/h3,5-6,9-12,17,19,27-29,33H,4,7-8,13-16,18H2,1-2H3/b21-20+,27-26?. The lowest BCUT2D eigenvalue weighted by molar-refractivity contribution is -0.115. The van der Waals surface area contributed by atoms with Gasteiger partial charge in [-0.05, 0) is 63.5 Å². The average molecular weight is 498 g/mol. The summed E-state index contributed by atoms with van der Waals surface area (Å²) in [4.78, 5) is 17.3. The van der Waals surface area contributed by atoms with Gasteiger partial charge < -0.3 is 15.5 Å². The Morgan fingerprint density at radius 1 is 1.15 bits per heavy atom. The minimum Gasteiger partial charge on any atom is -0.384 e. The number of amidine groups is 1. The highest BCUT2D eigenvalue weighted by molar-refractivity contribution is 8.17. The summed E-state index contributed by atoms with van der Waals surface area (Å²) < 4.78 is 0. The monoisotopic (exact) mass is 497 g/mol. The van der Waals surface area contributed by atoms with Crippen molar-refractivity contribution in [2.75, 3.05) is 36.8 Å². The van der Waals surface area contributed by atoms with Crippen LogP contribution in [0.25, 0.3) is 0 Å². The van der Waals surface area contributed by atoms with E-state index in [4.69, 9.17) is 5.41 Å². The molecule has 0 aromatic heterocycles. The molecule has 1 heterocycles. The quantitative estimate of drug-likeness (QED) is 0.143. The molecule has 2 aromatic carbocycles. The Kier molecular flexibility index (Phi) is 10.4. The van der Waals surface area contributed by atoms with Gasteiger partial charge in [0.1, 0.15) is 0 Å². The maximum atomic E-state index is 11.6. The lowest BCUT2D eigenvalue weighted by atomic mass is 10.1. The summed E-state index contributed by atoms with van der Waals surface area (Å²) in [5.74, 6) is 0. The molecule has 0 unspecified atom stereocenters. The second kappa shape index (κ2) is 13.5. The van der Waals surface area contributed by atoms with Gasteiger partial charge in [-0.15, -0.1) is 12.6 Å². The summed E-state index contributed by atoms with van der Waals surface area (Å²) in [5, 5.41) is 15.5. The van der Waals surface area contributed by atoms with Crippen LogP contribution in [0.5, 0.6) is 0 Å². The van der Waals surface area contributed by atoms with Crippen LogP contribution in [0.1, 0.15) is 38.7 Å². The number of thiol groups is 1. The number of nitrogens with zero attached hydrogens (tertiary/aromatic N) is 2. The minimum atomic E-state index is 0.192. The molecule has 1 saturated heterocycles. The molecule has 0 radical (unpaired) electrons. The molecule has 1 aliphatic rings. The van der Waals surface area contributed by atoms with E-state index in [0.717, 1.165) is 45.5 Å². The molecule has 0 saturated carbocycles. The van der Waals surface area contributed by atoms with Crippen LogP contribution in [-0.4, -0.2) is 47.6 Å². The number of allylic oxidation sites excluding steroid dienone is 2. The smallest absolute Gasteiger partial charge is 0.216 e. The van der Waals surface area contributed by atoms with E-state index in [-0.39, 0.29) is 5.17 Å². The molecule has 3 N–H and O–H groups in total. The van der Waals surface area contributed by atoms with Crippen molar-refractivity contribution in [2.45, 2.75) is 44.6 Å². The fourth-order valence-corrected chi connectivity index (χ4v) is 4.78. The van der Waals surface area contributed by atoms with Gasteiger partial charge in [0.15, 0.2) is 5.17 Å². The van der Waals surface area contributed by atoms with Gasteiger partial charge in [-0.25, -0.2) is 0 Å². The van der Waals surface area contributed by atoms with E-state index in [1.54, 1.807) is 0 Å². The van der Waals surface area contributed by atoms with E-state index in [1.165, 1.54) is 49.0 Å². The second-order valence-electron chi connectivity index (χ2n) is 8.49. The number of nitrogens with one attached hydrogen (secondary N) is 3. The normalized spacial score (nSPS) is 14.8. The highest BCUT2D eigenvalue weighted by Gasteiger charge is 2.13. The van der Waals surface area contributed by atoms with E-state index >= 15 is 0 Å². The van der Waals surface area contributed by atoms with Gasteiger partial charge in [-0.2, -0.15) is 0 Å². The number of carbonyl (C=O) groups is 1. The fourth-order valence-electron chi connectivity index (χ4n) is 3.80. The third-order valence-corrected chi connectivity index (χ3v) is 7.30. The number of amides is 1. The largest absolute Gasteiger partial charge is 0.384 e. The minimum absolute atomic E-state index is 0.192. The molecular weight excluding hydrogens is 462 g/mol. The number of hydrogen-bond donors (Lipinski definition) is 4. The van der Waals surface area contributed by atoms with Crippen LogP contribution in [0.15, 0.2) is 64.0 Å². The topological polar surface area (TPSA) is 71.5 Å². The predicted molar refractivity (Wildman–Crippen MR) is 148 cm³/mol. The lowest BCUT2D eigenvalue weighted by Gasteiger charge is -2.26. The molecule has 1 amide bonds. The Bertz CT molecular complexity index is 990. The number of anilines is 2. The first-order valence-corrected chi connectivity index (χ1v) is 13.0. The molecule has 2 aromatic rings. The summed E-state index contributed by atoms with van der Waals surface area (Å²) >= 11 is 5.93. The van der Waals surface area contributed by atoms with Crippen molar-refractivity contribution in [3.8, 4) is 0 Å². The zero-order valence-corrected chi connectivity index (χ0v) is 21.7. The number of likely N-dealkylation sites (tertiary alicyclic amines) is 1. The van der Waals surface area contributed by atoms with Gasteiger partial charge in [0.2, 0.25) is 6.41 Å². The van der Waals surface area contributed by atoms with Crippen molar-refractivity contribution in [3.05, 3.63) is 64.7 Å². The van der Waals surface area contributed by atoms with Crippen LogP contribution >= 0.6 is 24.4 Å². The van der Waals surface area contributed by atoms with Crippen molar-refractivity contribution in [1.29, 1.82) is 5.41 Å². The Labute approximate surface area is 213 Å². The van der Waals surface area contributed by atoms with Crippen LogP contribution < -0.4 is 10.6 Å². The van der Waals surface area contributed by atoms with Crippen molar-refractivity contribution in [1.82, 2.24) is 9.80 Å². The molecule has 182 valence electrons.